The van der Waals surface area contributed by atoms with Gasteiger partial charge in [0, 0.05) is 25.4 Å². The second kappa shape index (κ2) is 9.16. The van der Waals surface area contributed by atoms with Crippen LogP contribution in [0, 0.1) is 0 Å². The molecule has 0 spiro atoms. The lowest BCUT2D eigenvalue weighted by Gasteiger charge is -2.15. The van der Waals surface area contributed by atoms with Gasteiger partial charge in [-0.05, 0) is 20.1 Å². The fraction of sp³-hybridized carbons (Fsp3) is 0.800. The summed E-state index contributed by atoms with van der Waals surface area (Å²) < 4.78 is 13.0. The third-order valence-corrected chi connectivity index (χ3v) is 4.91. The quantitative estimate of drug-likeness (QED) is 0.515. The average Bonchev–Trinajstić information content (AvgIpc) is 2.77. The molecule has 0 amide bonds. The van der Waals surface area contributed by atoms with Gasteiger partial charge in [0.1, 0.15) is 0 Å². The number of ether oxygens (including phenoxy) is 2. The van der Waals surface area contributed by atoms with Gasteiger partial charge in [0.25, 0.3) is 0 Å². The summed E-state index contributed by atoms with van der Waals surface area (Å²) in [6.45, 7) is 5.33. The summed E-state index contributed by atoms with van der Waals surface area (Å²) in [7, 11) is 0. The minimum Gasteiger partial charge on any atom is -0.353 e. The zero-order chi connectivity index (χ0) is 12.5. The van der Waals surface area contributed by atoms with E-state index in [1.807, 2.05) is 20.1 Å². The topological polar surface area (TPSA) is 44.2 Å². The Morgan fingerprint density at radius 2 is 1.82 bits per heavy atom. The number of nitrogens with zero attached hydrogens (tertiary/aromatic N) is 2. The van der Waals surface area contributed by atoms with Crippen molar-refractivity contribution in [3.8, 4) is 0 Å². The zero-order valence-electron chi connectivity index (χ0n) is 10.3. The summed E-state index contributed by atoms with van der Waals surface area (Å²) in [5.41, 5.74) is 0. The summed E-state index contributed by atoms with van der Waals surface area (Å²) in [5.74, 6) is 0.938. The first kappa shape index (κ1) is 15.2. The lowest BCUT2D eigenvalue weighted by atomic mass is 10.5. The van der Waals surface area contributed by atoms with Crippen molar-refractivity contribution in [2.24, 2.45) is 0 Å². The molecule has 0 bridgehead atoms. The SMILES string of the molecule is CCOC(CCSc1nnc(SC)s1)OCC. The van der Waals surface area contributed by atoms with E-state index in [1.54, 1.807) is 34.9 Å². The summed E-state index contributed by atoms with van der Waals surface area (Å²) in [6, 6.07) is 0. The van der Waals surface area contributed by atoms with Crippen molar-refractivity contribution in [2.75, 3.05) is 25.2 Å². The number of rotatable bonds is 9. The van der Waals surface area contributed by atoms with E-state index in [0.717, 1.165) is 20.9 Å². The molecule has 0 fully saturated rings. The van der Waals surface area contributed by atoms with Gasteiger partial charge in [0.15, 0.2) is 15.0 Å². The molecule has 0 aliphatic rings. The Labute approximate surface area is 115 Å². The fourth-order valence-electron chi connectivity index (χ4n) is 1.17. The van der Waals surface area contributed by atoms with Crippen molar-refractivity contribution >= 4 is 34.9 Å². The number of hydrogen-bond acceptors (Lipinski definition) is 7. The van der Waals surface area contributed by atoms with Crippen LogP contribution in [0.1, 0.15) is 20.3 Å². The molecule has 0 saturated heterocycles. The monoisotopic (exact) mass is 294 g/mol. The van der Waals surface area contributed by atoms with E-state index in [9.17, 15) is 0 Å². The van der Waals surface area contributed by atoms with Gasteiger partial charge in [-0.25, -0.2) is 0 Å². The smallest absolute Gasteiger partial charge is 0.175 e. The highest BCUT2D eigenvalue weighted by atomic mass is 32.2. The Kier molecular flexibility index (Phi) is 8.21. The van der Waals surface area contributed by atoms with Crippen LogP contribution in [0.25, 0.3) is 0 Å². The van der Waals surface area contributed by atoms with Gasteiger partial charge in [0.2, 0.25) is 0 Å². The molecular formula is C10H18N2O2S3. The van der Waals surface area contributed by atoms with E-state index in [1.165, 1.54) is 0 Å². The van der Waals surface area contributed by atoms with Crippen LogP contribution in [0.3, 0.4) is 0 Å². The van der Waals surface area contributed by atoms with Crippen molar-refractivity contribution in [3.05, 3.63) is 0 Å². The first-order chi connectivity index (χ1) is 8.30. The normalized spacial score (nSPS) is 11.3. The molecule has 7 heteroatoms. The van der Waals surface area contributed by atoms with Crippen molar-refractivity contribution in [1.29, 1.82) is 0 Å². The molecule has 0 unspecified atom stereocenters. The largest absolute Gasteiger partial charge is 0.353 e. The Balaban J connectivity index is 2.24. The molecule has 4 nitrogen and oxygen atoms in total. The van der Waals surface area contributed by atoms with Crippen LogP contribution in [0.2, 0.25) is 0 Å². The Morgan fingerprint density at radius 1 is 1.18 bits per heavy atom. The highest BCUT2D eigenvalue weighted by Crippen LogP contribution is 2.28. The summed E-state index contributed by atoms with van der Waals surface area (Å²) in [4.78, 5) is 0. The molecule has 0 atom stereocenters. The van der Waals surface area contributed by atoms with Crippen molar-refractivity contribution in [3.63, 3.8) is 0 Å². The van der Waals surface area contributed by atoms with Crippen molar-refractivity contribution in [1.82, 2.24) is 10.2 Å². The maximum atomic E-state index is 5.47. The van der Waals surface area contributed by atoms with E-state index in [0.29, 0.717) is 13.2 Å². The maximum Gasteiger partial charge on any atom is 0.175 e. The van der Waals surface area contributed by atoms with Crippen LogP contribution in [0.4, 0.5) is 0 Å². The second-order valence-electron chi connectivity index (χ2n) is 3.02. The third kappa shape index (κ3) is 6.05. The third-order valence-electron chi connectivity index (χ3n) is 1.85. The molecule has 1 aromatic heterocycles. The van der Waals surface area contributed by atoms with Gasteiger partial charge >= 0.3 is 0 Å². The summed E-state index contributed by atoms with van der Waals surface area (Å²) in [5, 5.41) is 8.16. The number of aromatic nitrogens is 2. The van der Waals surface area contributed by atoms with Crippen LogP contribution >= 0.6 is 34.9 Å². The first-order valence-corrected chi connectivity index (χ1v) is 8.56. The molecule has 0 aliphatic heterocycles. The van der Waals surface area contributed by atoms with Crippen molar-refractivity contribution in [2.45, 2.75) is 35.2 Å². The molecule has 0 radical (unpaired) electrons. The zero-order valence-corrected chi connectivity index (χ0v) is 12.8. The van der Waals surface area contributed by atoms with E-state index in [4.69, 9.17) is 9.47 Å². The van der Waals surface area contributed by atoms with E-state index >= 15 is 0 Å². The Morgan fingerprint density at radius 3 is 2.35 bits per heavy atom. The maximum absolute atomic E-state index is 5.47. The van der Waals surface area contributed by atoms with Gasteiger partial charge in [-0.2, -0.15) is 0 Å². The van der Waals surface area contributed by atoms with Crippen LogP contribution < -0.4 is 0 Å². The summed E-state index contributed by atoms with van der Waals surface area (Å²) >= 11 is 4.97. The van der Waals surface area contributed by atoms with Crippen LogP contribution in [0.5, 0.6) is 0 Å². The van der Waals surface area contributed by atoms with Crippen LogP contribution in [0.15, 0.2) is 8.68 Å². The molecule has 17 heavy (non-hydrogen) atoms. The van der Waals surface area contributed by atoms with Crippen LogP contribution in [-0.2, 0) is 9.47 Å². The van der Waals surface area contributed by atoms with E-state index in [-0.39, 0.29) is 6.29 Å². The minimum atomic E-state index is -0.0922. The number of hydrogen-bond donors (Lipinski definition) is 0. The highest BCUT2D eigenvalue weighted by molar-refractivity contribution is 8.02. The van der Waals surface area contributed by atoms with Gasteiger partial charge < -0.3 is 9.47 Å². The molecule has 0 N–H and O–H groups in total. The molecule has 0 aromatic carbocycles. The average molecular weight is 294 g/mol. The minimum absolute atomic E-state index is 0.0922. The first-order valence-electron chi connectivity index (χ1n) is 5.53. The lowest BCUT2D eigenvalue weighted by molar-refractivity contribution is -0.136. The van der Waals surface area contributed by atoms with Gasteiger partial charge in [-0.3, -0.25) is 0 Å². The Hall–Kier alpha value is 0.180. The number of thioether (sulfide) groups is 2. The Bertz CT molecular complexity index is 303. The van der Waals surface area contributed by atoms with Crippen molar-refractivity contribution < 1.29 is 9.47 Å². The fourth-order valence-corrected chi connectivity index (χ4v) is 3.64. The predicted octanol–water partition coefficient (Wildman–Crippen LogP) is 3.14. The van der Waals surface area contributed by atoms with Gasteiger partial charge in [0.05, 0.1) is 0 Å². The molecular weight excluding hydrogens is 276 g/mol. The van der Waals surface area contributed by atoms with Gasteiger partial charge in [-0.15, -0.1) is 10.2 Å². The molecule has 1 rings (SSSR count). The molecule has 1 aromatic rings. The van der Waals surface area contributed by atoms with E-state index in [2.05, 4.69) is 10.2 Å². The van der Waals surface area contributed by atoms with Gasteiger partial charge in [-0.1, -0.05) is 34.9 Å². The highest BCUT2D eigenvalue weighted by Gasteiger charge is 2.09. The van der Waals surface area contributed by atoms with Crippen LogP contribution in [-0.4, -0.2) is 41.7 Å². The summed E-state index contributed by atoms with van der Waals surface area (Å²) in [6.07, 6.45) is 2.79. The lowest BCUT2D eigenvalue weighted by Crippen LogP contribution is -2.18. The predicted molar refractivity (Wildman–Crippen MR) is 74.1 cm³/mol. The molecule has 98 valence electrons. The molecule has 1 heterocycles. The van der Waals surface area contributed by atoms with E-state index < -0.39 is 0 Å². The molecule has 0 saturated carbocycles. The second-order valence-corrected chi connectivity index (χ2v) is 6.39. The molecule has 0 aliphatic carbocycles. The standard InChI is InChI=1S/C10H18N2O2S3/c1-4-13-8(14-5-2)6-7-16-10-12-11-9(15-3)17-10/h8H,4-7H2,1-3H3.